The quantitative estimate of drug-likeness (QED) is 0.792. The van der Waals surface area contributed by atoms with Crippen molar-refractivity contribution in [1.82, 2.24) is 4.98 Å². The first kappa shape index (κ1) is 8.72. The maximum Gasteiger partial charge on any atom is 0.140 e. The average molecular weight is 199 g/mol. The Morgan fingerprint density at radius 1 is 1.33 bits per heavy atom. The number of nitrogens with one attached hydrogen (secondary N) is 1. The van der Waals surface area contributed by atoms with Gasteiger partial charge in [0.25, 0.3) is 0 Å². The third kappa shape index (κ3) is 1.29. The number of aromatic nitrogens is 1. The van der Waals surface area contributed by atoms with Gasteiger partial charge in [-0.05, 0) is 18.1 Å². The lowest BCUT2D eigenvalue weighted by molar-refractivity contribution is -0.111. The normalized spacial score (nSPS) is 24.7. The molecule has 2 nitrogen and oxygen atoms in total. The van der Waals surface area contributed by atoms with Crippen LogP contribution in [0.3, 0.4) is 0 Å². The van der Waals surface area contributed by atoms with Crippen LogP contribution in [0.1, 0.15) is 12.5 Å². The van der Waals surface area contributed by atoms with E-state index < -0.39 is 0 Å². The fourth-order valence-electron chi connectivity index (χ4n) is 2.25. The van der Waals surface area contributed by atoms with Crippen LogP contribution in [0.2, 0.25) is 0 Å². The molecule has 1 N–H and O–H groups in total. The zero-order chi connectivity index (χ0) is 10.4. The van der Waals surface area contributed by atoms with Gasteiger partial charge in [0.2, 0.25) is 0 Å². The number of carbonyl (C=O) groups excluding carboxylic acids is 1. The molecule has 1 heterocycles. The zero-order valence-electron chi connectivity index (χ0n) is 8.66. The summed E-state index contributed by atoms with van der Waals surface area (Å²) < 4.78 is 0. The van der Waals surface area contributed by atoms with Crippen molar-refractivity contribution in [3.8, 4) is 0 Å². The first-order valence-corrected chi connectivity index (χ1v) is 5.36. The third-order valence-corrected chi connectivity index (χ3v) is 3.42. The van der Waals surface area contributed by atoms with E-state index in [9.17, 15) is 4.79 Å². The molecule has 1 aromatic heterocycles. The Hall–Kier alpha value is -1.57. The van der Waals surface area contributed by atoms with Crippen molar-refractivity contribution < 1.29 is 4.79 Å². The van der Waals surface area contributed by atoms with Gasteiger partial charge in [0, 0.05) is 28.9 Å². The van der Waals surface area contributed by atoms with Crippen molar-refractivity contribution in [2.45, 2.75) is 13.3 Å². The fourth-order valence-corrected chi connectivity index (χ4v) is 2.25. The smallest absolute Gasteiger partial charge is 0.140 e. The summed E-state index contributed by atoms with van der Waals surface area (Å²) in [5.74, 6) is 0.961. The second-order valence-corrected chi connectivity index (χ2v) is 4.36. The number of aromatic amines is 1. The predicted octanol–water partition coefficient (Wildman–Crippen LogP) is 2.55. The summed E-state index contributed by atoms with van der Waals surface area (Å²) in [5.41, 5.74) is 2.43. The number of rotatable bonds is 2. The van der Waals surface area contributed by atoms with Gasteiger partial charge in [0.15, 0.2) is 0 Å². The lowest BCUT2D eigenvalue weighted by atomic mass is 10.1. The molecule has 0 aliphatic heterocycles. The minimum absolute atomic E-state index is 0.268. The van der Waals surface area contributed by atoms with Gasteiger partial charge in [0.1, 0.15) is 5.78 Å². The van der Waals surface area contributed by atoms with E-state index in [2.05, 4.69) is 17.1 Å². The van der Waals surface area contributed by atoms with Crippen LogP contribution in [-0.2, 0) is 11.2 Å². The van der Waals surface area contributed by atoms with Gasteiger partial charge >= 0.3 is 0 Å². The molecule has 15 heavy (non-hydrogen) atoms. The highest BCUT2D eigenvalue weighted by atomic mass is 16.1. The van der Waals surface area contributed by atoms with Crippen molar-refractivity contribution in [1.29, 1.82) is 0 Å². The van der Waals surface area contributed by atoms with Crippen molar-refractivity contribution in [3.63, 3.8) is 0 Å². The molecule has 3 rings (SSSR count). The minimum atomic E-state index is 0.268. The molecule has 0 radical (unpaired) electrons. The molecule has 0 saturated heterocycles. The number of Topliss-reactive ketones (excluding diaryl/α,β-unsaturated/α-hetero) is 1. The lowest BCUT2D eigenvalue weighted by Crippen LogP contribution is -1.88. The number of hydrogen-bond acceptors (Lipinski definition) is 1. The summed E-state index contributed by atoms with van der Waals surface area (Å²) in [6, 6.07) is 8.24. The highest BCUT2D eigenvalue weighted by Crippen LogP contribution is 2.37. The summed E-state index contributed by atoms with van der Waals surface area (Å²) in [5, 5.41) is 1.25. The standard InChI is InChI=1S/C13H13NO/c1-8-11(13(8)15)6-9-7-14-12-5-3-2-4-10(9)12/h2-5,7-8,11,14H,6H2,1H3. The maximum absolute atomic E-state index is 11.3. The van der Waals surface area contributed by atoms with E-state index in [1.807, 2.05) is 25.3 Å². The zero-order valence-corrected chi connectivity index (χ0v) is 8.66. The summed E-state index contributed by atoms with van der Waals surface area (Å²) in [6.07, 6.45) is 2.92. The second-order valence-electron chi connectivity index (χ2n) is 4.36. The summed E-state index contributed by atoms with van der Waals surface area (Å²) in [6.45, 7) is 2.02. The largest absolute Gasteiger partial charge is 0.361 e. The van der Waals surface area contributed by atoms with Gasteiger partial charge in [-0.2, -0.15) is 0 Å². The Morgan fingerprint density at radius 3 is 2.80 bits per heavy atom. The first-order chi connectivity index (χ1) is 7.27. The summed E-state index contributed by atoms with van der Waals surface area (Å²) >= 11 is 0. The van der Waals surface area contributed by atoms with E-state index in [0.29, 0.717) is 5.78 Å². The molecule has 76 valence electrons. The molecule has 2 heteroatoms. The summed E-state index contributed by atoms with van der Waals surface area (Å²) in [4.78, 5) is 14.5. The Labute approximate surface area is 88.3 Å². The predicted molar refractivity (Wildman–Crippen MR) is 59.7 cm³/mol. The Kier molecular flexibility index (Phi) is 1.72. The number of hydrogen-bond donors (Lipinski definition) is 1. The molecule has 2 aromatic rings. The number of carbonyl (C=O) groups is 1. The summed E-state index contributed by atoms with van der Waals surface area (Å²) in [7, 11) is 0. The van der Waals surface area contributed by atoms with E-state index in [1.165, 1.54) is 10.9 Å². The van der Waals surface area contributed by atoms with Crippen LogP contribution < -0.4 is 0 Å². The van der Waals surface area contributed by atoms with Gasteiger partial charge in [-0.15, -0.1) is 0 Å². The number of para-hydroxylation sites is 1. The number of ketones is 1. The van der Waals surface area contributed by atoms with Gasteiger partial charge in [-0.1, -0.05) is 25.1 Å². The first-order valence-electron chi connectivity index (χ1n) is 5.36. The Bertz CT molecular complexity index is 526. The number of fused-ring (bicyclic) bond motifs is 1. The molecular formula is C13H13NO. The monoisotopic (exact) mass is 199 g/mol. The molecule has 0 bridgehead atoms. The second kappa shape index (κ2) is 2.96. The van der Waals surface area contributed by atoms with Crippen LogP contribution in [0.15, 0.2) is 30.5 Å². The van der Waals surface area contributed by atoms with Crippen LogP contribution in [0, 0.1) is 11.8 Å². The van der Waals surface area contributed by atoms with Crippen LogP contribution in [0.25, 0.3) is 10.9 Å². The van der Waals surface area contributed by atoms with E-state index in [1.54, 1.807) is 0 Å². The topological polar surface area (TPSA) is 32.9 Å². The van der Waals surface area contributed by atoms with Gasteiger partial charge in [-0.3, -0.25) is 4.79 Å². The molecular weight excluding hydrogens is 186 g/mol. The SMILES string of the molecule is CC1C(=O)C1Cc1c[nH]c2ccccc12. The molecule has 2 atom stereocenters. The lowest BCUT2D eigenvalue weighted by Gasteiger charge is -1.95. The van der Waals surface area contributed by atoms with Crippen LogP contribution in [0.5, 0.6) is 0 Å². The van der Waals surface area contributed by atoms with Crippen molar-refractivity contribution in [2.24, 2.45) is 11.8 Å². The number of H-pyrrole nitrogens is 1. The molecule has 0 spiro atoms. The van der Waals surface area contributed by atoms with Crippen LogP contribution in [-0.4, -0.2) is 10.8 Å². The Morgan fingerprint density at radius 2 is 2.07 bits per heavy atom. The fraction of sp³-hybridized carbons (Fsp3) is 0.308. The maximum atomic E-state index is 11.3. The van der Waals surface area contributed by atoms with Gasteiger partial charge in [0.05, 0.1) is 0 Å². The van der Waals surface area contributed by atoms with Crippen molar-refractivity contribution >= 4 is 16.7 Å². The van der Waals surface area contributed by atoms with Gasteiger partial charge < -0.3 is 4.98 Å². The highest BCUT2D eigenvalue weighted by molar-refractivity contribution is 5.99. The number of benzene rings is 1. The molecule has 1 aromatic carbocycles. The van der Waals surface area contributed by atoms with Crippen molar-refractivity contribution in [2.75, 3.05) is 0 Å². The Balaban J connectivity index is 1.95. The molecule has 1 aliphatic carbocycles. The van der Waals surface area contributed by atoms with E-state index in [-0.39, 0.29) is 11.8 Å². The van der Waals surface area contributed by atoms with Crippen LogP contribution >= 0.6 is 0 Å². The molecule has 0 amide bonds. The minimum Gasteiger partial charge on any atom is -0.361 e. The van der Waals surface area contributed by atoms with E-state index in [4.69, 9.17) is 0 Å². The highest BCUT2D eigenvalue weighted by Gasteiger charge is 2.44. The molecule has 1 fully saturated rings. The van der Waals surface area contributed by atoms with Gasteiger partial charge in [-0.25, -0.2) is 0 Å². The van der Waals surface area contributed by atoms with Crippen LogP contribution in [0.4, 0.5) is 0 Å². The van der Waals surface area contributed by atoms with Crippen molar-refractivity contribution in [3.05, 3.63) is 36.0 Å². The average Bonchev–Trinajstić information content (AvgIpc) is 2.67. The molecule has 1 saturated carbocycles. The van der Waals surface area contributed by atoms with E-state index in [0.717, 1.165) is 11.9 Å². The molecule has 1 aliphatic rings. The third-order valence-electron chi connectivity index (χ3n) is 3.42. The molecule has 2 unspecified atom stereocenters. The van der Waals surface area contributed by atoms with E-state index >= 15 is 0 Å².